The molecular weight excluding hydrogens is 741 g/mol. The molecule has 0 spiro atoms. The van der Waals surface area contributed by atoms with Gasteiger partial charge in [-0.3, -0.25) is 0 Å². The largest absolute Gasteiger partial charge is 0.455 e. The van der Waals surface area contributed by atoms with Crippen molar-refractivity contribution in [1.29, 1.82) is 0 Å². The van der Waals surface area contributed by atoms with Gasteiger partial charge in [0.05, 0.1) is 11.0 Å². The summed E-state index contributed by atoms with van der Waals surface area (Å²) >= 11 is 0. The van der Waals surface area contributed by atoms with Crippen molar-refractivity contribution in [2.45, 2.75) is 0 Å². The first-order valence-corrected chi connectivity index (χ1v) is 20.8. The Morgan fingerprint density at radius 3 is 1.84 bits per heavy atom. The number of aromatic nitrogens is 1. The van der Waals surface area contributed by atoms with Crippen LogP contribution in [0.25, 0.3) is 93.6 Å². The maximum Gasteiger partial charge on any atom is 0.143 e. The van der Waals surface area contributed by atoms with Crippen molar-refractivity contribution in [3.8, 4) is 39.1 Å². The van der Waals surface area contributed by atoms with Crippen LogP contribution < -0.4 is 4.90 Å². The number of fused-ring (bicyclic) bond motifs is 7. The molecule has 0 unspecified atom stereocenters. The molecule has 0 fully saturated rings. The molecule has 10 aromatic carbocycles. The highest BCUT2D eigenvalue weighted by Crippen LogP contribution is 2.44. The molecule has 3 nitrogen and oxygen atoms in total. The summed E-state index contributed by atoms with van der Waals surface area (Å²) in [5.74, 6) is 0. The minimum Gasteiger partial charge on any atom is -0.455 e. The van der Waals surface area contributed by atoms with Crippen molar-refractivity contribution < 1.29 is 4.42 Å². The van der Waals surface area contributed by atoms with E-state index >= 15 is 0 Å². The van der Waals surface area contributed by atoms with Gasteiger partial charge in [-0.15, -0.1) is 0 Å². The van der Waals surface area contributed by atoms with E-state index in [0.717, 1.165) is 72.5 Å². The summed E-state index contributed by atoms with van der Waals surface area (Å²) in [6.07, 6.45) is 0. The summed E-state index contributed by atoms with van der Waals surface area (Å²) in [6, 6.07) is 83.0. The summed E-state index contributed by atoms with van der Waals surface area (Å²) in [7, 11) is 0. The fraction of sp³-hybridized carbons (Fsp3) is 0. The maximum absolute atomic E-state index is 6.68. The molecule has 3 heteroatoms. The van der Waals surface area contributed by atoms with E-state index in [2.05, 4.69) is 234 Å². The van der Waals surface area contributed by atoms with Crippen molar-refractivity contribution in [3.63, 3.8) is 0 Å². The van der Waals surface area contributed by atoms with Crippen LogP contribution in [0.4, 0.5) is 17.1 Å². The molecule has 0 aliphatic carbocycles. The van der Waals surface area contributed by atoms with Crippen LogP contribution in [0.3, 0.4) is 0 Å². The monoisotopic (exact) mass is 778 g/mol. The Bertz CT molecular complexity index is 3580. The van der Waals surface area contributed by atoms with Crippen LogP contribution >= 0.6 is 0 Å². The highest BCUT2D eigenvalue weighted by Gasteiger charge is 2.20. The summed E-state index contributed by atoms with van der Waals surface area (Å²) in [6.45, 7) is 0. The van der Waals surface area contributed by atoms with Crippen molar-refractivity contribution in [2.24, 2.45) is 0 Å². The van der Waals surface area contributed by atoms with Gasteiger partial charge in [-0.2, -0.15) is 0 Å². The number of hydrogen-bond acceptors (Lipinski definition) is 2. The Balaban J connectivity index is 1.10. The zero-order valence-corrected chi connectivity index (χ0v) is 33.2. The molecule has 286 valence electrons. The predicted octanol–water partition coefficient (Wildman–Crippen LogP) is 16.3. The fourth-order valence-electron chi connectivity index (χ4n) is 9.24. The summed E-state index contributed by atoms with van der Waals surface area (Å²) in [4.78, 5) is 2.38. The van der Waals surface area contributed by atoms with E-state index in [1.807, 2.05) is 6.07 Å². The van der Waals surface area contributed by atoms with Crippen LogP contribution in [0.2, 0.25) is 0 Å². The average Bonchev–Trinajstić information content (AvgIpc) is 3.88. The molecule has 0 radical (unpaired) electrons. The average molecular weight is 779 g/mol. The summed E-state index contributed by atoms with van der Waals surface area (Å²) < 4.78 is 9.09. The minimum absolute atomic E-state index is 0.887. The van der Waals surface area contributed by atoms with Crippen LogP contribution in [0.1, 0.15) is 0 Å². The van der Waals surface area contributed by atoms with Crippen molar-refractivity contribution in [3.05, 3.63) is 231 Å². The van der Waals surface area contributed by atoms with Crippen LogP contribution in [0.5, 0.6) is 0 Å². The first-order valence-electron chi connectivity index (χ1n) is 20.8. The molecule has 12 aromatic rings. The van der Waals surface area contributed by atoms with E-state index in [1.165, 1.54) is 38.2 Å². The third-order valence-electron chi connectivity index (χ3n) is 12.1. The number of benzene rings is 10. The van der Waals surface area contributed by atoms with Gasteiger partial charge in [0, 0.05) is 49.9 Å². The third kappa shape index (κ3) is 5.98. The van der Waals surface area contributed by atoms with E-state index in [-0.39, 0.29) is 0 Å². The molecule has 0 aliphatic heterocycles. The zero-order chi connectivity index (χ0) is 40.3. The third-order valence-corrected chi connectivity index (χ3v) is 12.1. The molecule has 0 saturated carbocycles. The maximum atomic E-state index is 6.68. The van der Waals surface area contributed by atoms with E-state index in [4.69, 9.17) is 4.42 Å². The van der Waals surface area contributed by atoms with Crippen molar-refractivity contribution in [2.75, 3.05) is 4.90 Å². The molecular formula is C58H38N2O. The van der Waals surface area contributed by atoms with E-state index < -0.39 is 0 Å². The van der Waals surface area contributed by atoms with E-state index in [9.17, 15) is 0 Å². The predicted molar refractivity (Wildman–Crippen MR) is 257 cm³/mol. The Hall–Kier alpha value is -8.14. The summed E-state index contributed by atoms with van der Waals surface area (Å²) in [5, 5.41) is 7.08. The van der Waals surface area contributed by atoms with E-state index in [1.54, 1.807) is 0 Å². The molecule has 2 aromatic heterocycles. The van der Waals surface area contributed by atoms with Crippen molar-refractivity contribution >= 4 is 71.6 Å². The number of para-hydroxylation sites is 4. The quantitative estimate of drug-likeness (QED) is 0.161. The SMILES string of the molecule is c1ccc(-c2ccc(-n3c4ccccc4c4ccc(-c5cc(-c6cccc7c6oc6ccccc67)cc(N(c6ccccc6)c6ccc7ccccc7c6)c5)cc43)cc2)cc1. The van der Waals surface area contributed by atoms with Gasteiger partial charge in [-0.1, -0.05) is 158 Å². The zero-order valence-electron chi connectivity index (χ0n) is 33.2. The van der Waals surface area contributed by atoms with Gasteiger partial charge in [-0.05, 0) is 111 Å². The van der Waals surface area contributed by atoms with Crippen LogP contribution in [0, 0.1) is 0 Å². The van der Waals surface area contributed by atoms with Gasteiger partial charge in [0.1, 0.15) is 11.2 Å². The number of rotatable bonds is 7. The van der Waals surface area contributed by atoms with Gasteiger partial charge in [0.15, 0.2) is 0 Å². The molecule has 0 saturated heterocycles. The van der Waals surface area contributed by atoms with Gasteiger partial charge in [0.2, 0.25) is 0 Å². The number of nitrogens with zero attached hydrogens (tertiary/aromatic N) is 2. The molecule has 2 heterocycles. The molecule has 0 bridgehead atoms. The lowest BCUT2D eigenvalue weighted by Crippen LogP contribution is -2.10. The van der Waals surface area contributed by atoms with Crippen molar-refractivity contribution in [1.82, 2.24) is 4.57 Å². The second kappa shape index (κ2) is 14.3. The molecule has 0 aliphatic rings. The lowest BCUT2D eigenvalue weighted by molar-refractivity contribution is 0.670. The number of hydrogen-bond donors (Lipinski definition) is 0. The topological polar surface area (TPSA) is 21.3 Å². The highest BCUT2D eigenvalue weighted by molar-refractivity contribution is 6.11. The second-order valence-corrected chi connectivity index (χ2v) is 15.7. The number of furan rings is 1. The van der Waals surface area contributed by atoms with Gasteiger partial charge >= 0.3 is 0 Å². The Labute approximate surface area is 353 Å². The first kappa shape index (κ1) is 34.9. The minimum atomic E-state index is 0.887. The molecule has 12 rings (SSSR count). The first-order chi connectivity index (χ1) is 30.2. The van der Waals surface area contributed by atoms with Crippen LogP contribution in [-0.4, -0.2) is 4.57 Å². The van der Waals surface area contributed by atoms with Gasteiger partial charge < -0.3 is 13.9 Å². The Morgan fingerprint density at radius 2 is 0.984 bits per heavy atom. The Kier molecular flexibility index (Phi) is 8.17. The van der Waals surface area contributed by atoms with Gasteiger partial charge in [-0.25, -0.2) is 0 Å². The molecule has 0 N–H and O–H groups in total. The Morgan fingerprint density at radius 1 is 0.328 bits per heavy atom. The molecule has 61 heavy (non-hydrogen) atoms. The standard InChI is InChI=1S/C58H38N2O/c1-3-14-39(15-4-1)41-26-30-47(31-27-41)60-55-24-11-9-20-51(55)52-33-29-43(38-56(52)60)44-34-45(50-22-13-23-54-53-21-10-12-25-57(53)61-58(50)54)37-49(36-44)59(46-18-5-2-6-19-46)48-32-28-40-16-7-8-17-42(40)35-48/h1-38H. The van der Waals surface area contributed by atoms with Crippen LogP contribution in [0.15, 0.2) is 235 Å². The normalized spacial score (nSPS) is 11.6. The number of anilines is 3. The smallest absolute Gasteiger partial charge is 0.143 e. The summed E-state index contributed by atoms with van der Waals surface area (Å²) in [5.41, 5.74) is 15.2. The molecule has 0 atom stereocenters. The molecule has 0 amide bonds. The second-order valence-electron chi connectivity index (χ2n) is 15.7. The van der Waals surface area contributed by atoms with E-state index in [0.29, 0.717) is 0 Å². The highest BCUT2D eigenvalue weighted by atomic mass is 16.3. The lowest BCUT2D eigenvalue weighted by atomic mass is 9.95. The fourth-order valence-corrected chi connectivity index (χ4v) is 9.24. The lowest BCUT2D eigenvalue weighted by Gasteiger charge is -2.27. The van der Waals surface area contributed by atoms with Crippen LogP contribution in [-0.2, 0) is 0 Å². The van der Waals surface area contributed by atoms with Gasteiger partial charge in [0.25, 0.3) is 0 Å².